The second-order valence-electron chi connectivity index (χ2n) is 27.2. The van der Waals surface area contributed by atoms with E-state index in [9.17, 15) is 0 Å². The topological polar surface area (TPSA) is 4.93 Å². The maximum atomic E-state index is 2.64. The van der Waals surface area contributed by atoms with Crippen LogP contribution in [0.5, 0.6) is 0 Å². The van der Waals surface area contributed by atoms with Gasteiger partial charge in [0.25, 0.3) is 0 Å². The summed E-state index contributed by atoms with van der Waals surface area (Å²) in [4.78, 5) is 0. The van der Waals surface area contributed by atoms with E-state index in [1.807, 2.05) is 0 Å². The second kappa shape index (κ2) is 25.7. The van der Waals surface area contributed by atoms with Gasteiger partial charge in [-0.05, 0) is 226 Å². The number of hydrogen-bond donors (Lipinski definition) is 0. The molecule has 0 unspecified atom stereocenters. The van der Waals surface area contributed by atoms with E-state index in [1.165, 1.54) is 161 Å². The summed E-state index contributed by atoms with van der Waals surface area (Å²) in [5.74, 6) is 0. The number of hydrogen-bond acceptors (Lipinski definition) is 0. The molecule has 474 valence electrons. The van der Waals surface area contributed by atoms with Crippen molar-refractivity contribution in [2.75, 3.05) is 0 Å². The van der Waals surface area contributed by atoms with Crippen LogP contribution in [0.2, 0.25) is 0 Å². The van der Waals surface area contributed by atoms with Gasteiger partial charge in [-0.15, -0.1) is 0 Å². The van der Waals surface area contributed by atoms with Crippen molar-refractivity contribution < 1.29 is 0 Å². The van der Waals surface area contributed by atoms with Gasteiger partial charge in [0.2, 0.25) is 6.71 Å². The maximum Gasteiger partial charge on any atom is 0.247 e. The van der Waals surface area contributed by atoms with Crippen LogP contribution in [0.4, 0.5) is 0 Å². The molecule has 2 heterocycles. The Morgan fingerprint density at radius 2 is 0.505 bits per heavy atom. The molecule has 0 aliphatic carbocycles. The van der Waals surface area contributed by atoms with Gasteiger partial charge in [0.15, 0.2) is 0 Å². The third-order valence-electron chi connectivity index (χ3n) is 20.9. The molecule has 1 aromatic heterocycles. The summed E-state index contributed by atoms with van der Waals surface area (Å²) in [5.41, 5.74) is 39.5. The van der Waals surface area contributed by atoms with Crippen LogP contribution in [0, 0.1) is 20.8 Å². The largest absolute Gasteiger partial charge is 0.310 e. The second-order valence-corrected chi connectivity index (χ2v) is 27.2. The summed E-state index contributed by atoms with van der Waals surface area (Å²) in [5, 5.41) is 2.40. The lowest BCUT2D eigenvalue weighted by Crippen LogP contribution is -2.57. The van der Waals surface area contributed by atoms with Crippen molar-refractivity contribution in [2.24, 2.45) is 0 Å². The number of aromatic nitrogens is 1. The molecule has 16 aromatic carbocycles. The predicted molar refractivity (Wildman–Crippen MR) is 431 cm³/mol. The first-order valence-electron chi connectivity index (χ1n) is 35.2. The van der Waals surface area contributed by atoms with Gasteiger partial charge in [-0.25, -0.2) is 0 Å². The van der Waals surface area contributed by atoms with Gasteiger partial charge in [0.1, 0.15) is 0 Å². The fourth-order valence-corrected chi connectivity index (χ4v) is 16.5. The molecule has 1 nitrogen and oxygen atoms in total. The predicted octanol–water partition coefficient (Wildman–Crippen LogP) is 24.5. The molecule has 0 bridgehead atoms. The van der Waals surface area contributed by atoms with Crippen molar-refractivity contribution >= 4 is 44.9 Å². The monoisotopic (exact) mass is 1280 g/mol. The minimum absolute atomic E-state index is 0.197. The van der Waals surface area contributed by atoms with Crippen LogP contribution in [0.1, 0.15) is 16.7 Å². The number of benzene rings is 16. The first-order chi connectivity index (χ1) is 49.8. The van der Waals surface area contributed by atoms with Gasteiger partial charge in [0.05, 0.1) is 5.52 Å². The van der Waals surface area contributed by atoms with Gasteiger partial charge < -0.3 is 4.57 Å². The zero-order valence-corrected chi connectivity index (χ0v) is 56.7. The third kappa shape index (κ3) is 10.9. The average molecular weight is 1280 g/mol. The Morgan fingerprint density at radius 1 is 0.218 bits per heavy atom. The van der Waals surface area contributed by atoms with Crippen molar-refractivity contribution in [2.45, 2.75) is 20.8 Å². The highest BCUT2D eigenvalue weighted by molar-refractivity contribution is 6.98. The fraction of sp³-hybridized carbons (Fsp3) is 0.0303. The molecule has 1 aliphatic rings. The molecule has 2 heteroatoms. The zero-order chi connectivity index (χ0) is 67.5. The van der Waals surface area contributed by atoms with Crippen molar-refractivity contribution in [3.8, 4) is 139 Å². The number of fused-ring (bicyclic) bond motifs is 5. The normalized spacial score (nSPS) is 11.7. The van der Waals surface area contributed by atoms with E-state index in [0.29, 0.717) is 0 Å². The number of rotatable bonds is 13. The van der Waals surface area contributed by atoms with Crippen molar-refractivity contribution in [1.82, 2.24) is 4.57 Å². The number of nitrogens with zero attached hydrogens (tertiary/aromatic N) is 1. The Kier molecular flexibility index (Phi) is 15.4. The van der Waals surface area contributed by atoms with E-state index in [4.69, 9.17) is 0 Å². The lowest BCUT2D eigenvalue weighted by molar-refractivity contribution is 1.19. The Morgan fingerprint density at radius 3 is 0.851 bits per heavy atom. The zero-order valence-electron chi connectivity index (χ0n) is 56.7. The van der Waals surface area contributed by atoms with E-state index in [0.717, 1.165) is 33.3 Å². The Hall–Kier alpha value is -12.6. The van der Waals surface area contributed by atoms with E-state index in [1.54, 1.807) is 0 Å². The molecular formula is C99H70BN. The maximum absolute atomic E-state index is 2.64. The van der Waals surface area contributed by atoms with Crippen LogP contribution < -0.4 is 16.4 Å². The lowest BCUT2D eigenvalue weighted by atomic mass is 9.34. The van der Waals surface area contributed by atoms with Gasteiger partial charge in [-0.1, -0.05) is 332 Å². The van der Waals surface area contributed by atoms with Gasteiger partial charge in [-0.3, -0.25) is 0 Å². The smallest absolute Gasteiger partial charge is 0.247 e. The third-order valence-corrected chi connectivity index (χ3v) is 20.9. The highest BCUT2D eigenvalue weighted by atomic mass is 15.0. The average Bonchev–Trinajstić information content (AvgIpc) is 1.65. The highest BCUT2D eigenvalue weighted by Crippen LogP contribution is 2.50. The van der Waals surface area contributed by atoms with Crippen LogP contribution in [-0.2, 0) is 0 Å². The van der Waals surface area contributed by atoms with Crippen molar-refractivity contribution in [3.63, 3.8) is 0 Å². The molecule has 0 amide bonds. The molecule has 0 saturated heterocycles. The molecule has 101 heavy (non-hydrogen) atoms. The van der Waals surface area contributed by atoms with Crippen LogP contribution in [0.3, 0.4) is 0 Å². The van der Waals surface area contributed by atoms with E-state index in [-0.39, 0.29) is 6.71 Å². The minimum atomic E-state index is -0.197. The van der Waals surface area contributed by atoms with Crippen LogP contribution in [0.15, 0.2) is 370 Å². The highest BCUT2D eigenvalue weighted by Gasteiger charge is 2.38. The van der Waals surface area contributed by atoms with Crippen molar-refractivity contribution in [3.05, 3.63) is 387 Å². The van der Waals surface area contributed by atoms with E-state index in [2.05, 4.69) is 395 Å². The van der Waals surface area contributed by atoms with E-state index < -0.39 is 0 Å². The minimum Gasteiger partial charge on any atom is -0.310 e. The van der Waals surface area contributed by atoms with Gasteiger partial charge in [0, 0.05) is 22.0 Å². The quantitative estimate of drug-likeness (QED) is 0.101. The van der Waals surface area contributed by atoms with Gasteiger partial charge >= 0.3 is 0 Å². The lowest BCUT2D eigenvalue weighted by Gasteiger charge is -2.31. The molecule has 18 rings (SSSR count). The molecule has 0 fully saturated rings. The summed E-state index contributed by atoms with van der Waals surface area (Å²) in [6, 6.07) is 138. The molecule has 0 N–H and O–H groups in total. The number of aryl methyl sites for hydroxylation is 3. The summed E-state index contributed by atoms with van der Waals surface area (Å²) >= 11 is 0. The van der Waals surface area contributed by atoms with Crippen molar-refractivity contribution in [1.29, 1.82) is 0 Å². The SMILES string of the molecule is Cc1cc(C)c(B2c3cc(-c4c(-c5ccccc5)cc(-c5ccccc5)cc4-c4ccccc4)ccc3-n3c4ccc(-c5c(-c6ccccc6)cc(-c6ccccc6)cc5-c5ccccc5)cc4c4cc(-c5c(-c6ccccc6)cc(-c6ccccc6)cc5-c5ccccc5)cc2c43)c(C)c1. The molecular weight excluding hydrogens is 1210 g/mol. The summed E-state index contributed by atoms with van der Waals surface area (Å²) in [6.07, 6.45) is 0. The van der Waals surface area contributed by atoms with Crippen LogP contribution in [-0.4, -0.2) is 11.3 Å². The first-order valence-corrected chi connectivity index (χ1v) is 35.2. The molecule has 0 saturated carbocycles. The summed E-state index contributed by atoms with van der Waals surface area (Å²) in [7, 11) is 0. The van der Waals surface area contributed by atoms with E-state index >= 15 is 0 Å². The molecule has 0 radical (unpaired) electrons. The molecule has 17 aromatic rings. The summed E-state index contributed by atoms with van der Waals surface area (Å²) in [6.45, 7) is 6.75. The standard InChI is InChI=1S/C99H70BN/c1-65-53-66(2)98(67(3)54-65)100-91-63-78(96-85(73-41-23-9-24-42-73)58-80(69-33-15-5-16-34-69)59-86(96)74-43-25-10-26-44-74)50-52-94(91)101-93-51-49-77(95-83(71-37-19-7-20-38-71)56-79(68-31-13-4-14-32-68)57-84(95)72-39-21-8-22-40-72)55-89(93)90-62-82(64-92(100)99(90)101)97-87(75-45-27-11-28-46-75)60-81(70-35-17-6-18-36-70)61-88(97)76-47-29-12-30-48-76/h4-64H,1-3H3. The molecule has 0 spiro atoms. The summed E-state index contributed by atoms with van der Waals surface area (Å²) < 4.78 is 2.64. The Bertz CT molecular complexity index is 5760. The van der Waals surface area contributed by atoms with Gasteiger partial charge in [-0.2, -0.15) is 0 Å². The van der Waals surface area contributed by atoms with Crippen LogP contribution >= 0.6 is 0 Å². The first kappa shape index (κ1) is 60.8. The Balaban J connectivity index is 0.992. The van der Waals surface area contributed by atoms with Crippen LogP contribution in [0.25, 0.3) is 161 Å². The Labute approximate surface area is 592 Å². The fourth-order valence-electron chi connectivity index (χ4n) is 16.5. The molecule has 0 atom stereocenters. The molecule has 1 aliphatic heterocycles.